The summed E-state index contributed by atoms with van der Waals surface area (Å²) in [6.07, 6.45) is 3.88. The monoisotopic (exact) mass is 502 g/mol. The fourth-order valence-corrected chi connectivity index (χ4v) is 7.58. The number of nitrogens with zero attached hydrogens (tertiary/aromatic N) is 2. The molecule has 3 aromatic carbocycles. The first-order chi connectivity index (χ1) is 18.4. The third kappa shape index (κ3) is 2.67. The molecule has 0 N–H and O–H groups in total. The van der Waals surface area contributed by atoms with Gasteiger partial charge in [-0.3, -0.25) is 19.2 Å². The zero-order valence-electron chi connectivity index (χ0n) is 21.1. The maximum Gasteiger partial charge on any atom is 0.238 e. The van der Waals surface area contributed by atoms with E-state index < -0.39 is 35.0 Å². The molecule has 6 heteroatoms. The smallest absolute Gasteiger partial charge is 0.238 e. The summed E-state index contributed by atoms with van der Waals surface area (Å²) >= 11 is 0. The molecule has 4 atom stereocenters. The molecule has 2 bridgehead atoms. The second-order valence-electron chi connectivity index (χ2n) is 10.8. The van der Waals surface area contributed by atoms with Gasteiger partial charge < -0.3 is 0 Å². The largest absolute Gasteiger partial charge is 0.274 e. The summed E-state index contributed by atoms with van der Waals surface area (Å²) in [7, 11) is 0. The first kappa shape index (κ1) is 22.8. The second kappa shape index (κ2) is 7.84. The van der Waals surface area contributed by atoms with Gasteiger partial charge in [0.05, 0.1) is 35.0 Å². The zero-order valence-corrected chi connectivity index (χ0v) is 21.1. The molecular formula is C32H26N2O4. The Kier molecular flexibility index (Phi) is 4.71. The number of rotatable bonds is 3. The van der Waals surface area contributed by atoms with Crippen LogP contribution in [-0.2, 0) is 24.6 Å². The van der Waals surface area contributed by atoms with Gasteiger partial charge in [-0.25, -0.2) is 9.80 Å². The van der Waals surface area contributed by atoms with Crippen molar-refractivity contribution < 1.29 is 19.2 Å². The van der Waals surface area contributed by atoms with Gasteiger partial charge >= 0.3 is 0 Å². The fourth-order valence-electron chi connectivity index (χ4n) is 7.58. The lowest BCUT2D eigenvalue weighted by molar-refractivity contribution is -0.140. The van der Waals surface area contributed by atoms with Crippen molar-refractivity contribution in [1.29, 1.82) is 0 Å². The van der Waals surface area contributed by atoms with E-state index >= 15 is 0 Å². The van der Waals surface area contributed by atoms with Gasteiger partial charge in [0.1, 0.15) is 0 Å². The highest BCUT2D eigenvalue weighted by molar-refractivity contribution is 6.27. The Labute approximate surface area is 220 Å². The Morgan fingerprint density at radius 1 is 0.579 bits per heavy atom. The molecule has 1 saturated carbocycles. The van der Waals surface area contributed by atoms with E-state index in [4.69, 9.17) is 0 Å². The molecule has 5 aliphatic rings. The number of anilines is 2. The lowest BCUT2D eigenvalue weighted by atomic mass is 9.45. The number of hydrogen-bond acceptors (Lipinski definition) is 4. The summed E-state index contributed by atoms with van der Waals surface area (Å²) in [5.41, 5.74) is 2.42. The van der Waals surface area contributed by atoms with Crippen LogP contribution in [0.25, 0.3) is 0 Å². The normalized spacial score (nSPS) is 31.3. The van der Waals surface area contributed by atoms with E-state index in [0.717, 1.165) is 16.7 Å². The van der Waals surface area contributed by atoms with Crippen LogP contribution in [0, 0.1) is 43.4 Å². The Hall–Kier alpha value is -4.32. The van der Waals surface area contributed by atoms with E-state index in [9.17, 15) is 19.2 Å². The van der Waals surface area contributed by atoms with Crippen molar-refractivity contribution >= 4 is 35.0 Å². The molecule has 3 aromatic rings. The van der Waals surface area contributed by atoms with E-state index in [2.05, 4.69) is 0 Å². The molecule has 0 aromatic heterocycles. The second-order valence-corrected chi connectivity index (χ2v) is 10.8. The highest BCUT2D eigenvalue weighted by atomic mass is 16.2. The number of carbonyl (C=O) groups excluding carboxylic acids is 4. The minimum atomic E-state index is -1.11. The number of imide groups is 2. The SMILES string of the molecule is Cc1ccccc1N1C(=O)[C@@H]2C3C=CC(c4ccccc4)([C@@H]2C1=O)[C@@H]1C(=O)N(c2ccccc2C)C(=O)[C@H]31. The van der Waals surface area contributed by atoms with Crippen molar-refractivity contribution in [3.8, 4) is 0 Å². The van der Waals surface area contributed by atoms with Crippen LogP contribution in [0.3, 0.4) is 0 Å². The van der Waals surface area contributed by atoms with Gasteiger partial charge in [0.2, 0.25) is 23.6 Å². The molecule has 188 valence electrons. The zero-order chi connectivity index (χ0) is 26.3. The lowest BCUT2D eigenvalue weighted by Gasteiger charge is -2.53. The summed E-state index contributed by atoms with van der Waals surface area (Å²) in [6.45, 7) is 3.75. The van der Waals surface area contributed by atoms with Gasteiger partial charge in [0.25, 0.3) is 0 Å². The lowest BCUT2D eigenvalue weighted by Crippen LogP contribution is -2.60. The average Bonchev–Trinajstić information content (AvgIpc) is 3.37. The summed E-state index contributed by atoms with van der Waals surface area (Å²) in [5.74, 6) is -4.73. The number of para-hydroxylation sites is 2. The van der Waals surface area contributed by atoms with Gasteiger partial charge in [0, 0.05) is 11.3 Å². The van der Waals surface area contributed by atoms with Crippen LogP contribution in [0.2, 0.25) is 0 Å². The molecule has 4 amide bonds. The van der Waals surface area contributed by atoms with Crippen LogP contribution in [-0.4, -0.2) is 23.6 Å². The van der Waals surface area contributed by atoms with E-state index in [-0.39, 0.29) is 23.6 Å². The third-order valence-corrected chi connectivity index (χ3v) is 9.14. The molecule has 6 nitrogen and oxygen atoms in total. The fraction of sp³-hybridized carbons (Fsp3) is 0.250. The number of allylic oxidation sites excluding steroid dienone is 2. The number of aryl methyl sites for hydroxylation is 2. The highest BCUT2D eigenvalue weighted by Crippen LogP contribution is 2.65. The average molecular weight is 503 g/mol. The van der Waals surface area contributed by atoms with Crippen molar-refractivity contribution in [1.82, 2.24) is 0 Å². The van der Waals surface area contributed by atoms with Crippen LogP contribution in [0.5, 0.6) is 0 Å². The number of carbonyl (C=O) groups is 4. The van der Waals surface area contributed by atoms with E-state index in [0.29, 0.717) is 11.4 Å². The first-order valence-electron chi connectivity index (χ1n) is 13.0. The minimum Gasteiger partial charge on any atom is -0.274 e. The standard InChI is InChI=1S/C32H26N2O4/c1-18-10-6-8-14-22(18)33-28(35)24-21-16-17-32(26(24)30(33)37,20-12-4-3-5-13-20)27-25(21)29(36)34(31(27)38)23-15-9-7-11-19(23)2/h3-17,21,24-27H,1-2H3/t21?,24-,25-,26+,27+,32?/m1/s1. The van der Waals surface area contributed by atoms with E-state index in [1.165, 1.54) is 9.80 Å². The number of hydrogen-bond donors (Lipinski definition) is 0. The van der Waals surface area contributed by atoms with E-state index in [1.54, 1.807) is 12.1 Å². The topological polar surface area (TPSA) is 74.8 Å². The number of amides is 4. The Morgan fingerprint density at radius 3 is 1.50 bits per heavy atom. The van der Waals surface area contributed by atoms with Gasteiger partial charge in [-0.2, -0.15) is 0 Å². The molecule has 38 heavy (non-hydrogen) atoms. The molecule has 2 saturated heterocycles. The summed E-state index contributed by atoms with van der Waals surface area (Å²) < 4.78 is 0. The summed E-state index contributed by atoms with van der Waals surface area (Å²) in [5, 5.41) is 0. The van der Waals surface area contributed by atoms with Crippen molar-refractivity contribution in [2.75, 3.05) is 9.80 Å². The molecule has 2 heterocycles. The molecule has 3 fully saturated rings. The summed E-state index contributed by atoms with van der Waals surface area (Å²) in [6, 6.07) is 24.1. The van der Waals surface area contributed by atoms with Crippen molar-refractivity contribution in [2.45, 2.75) is 19.3 Å². The van der Waals surface area contributed by atoms with Crippen molar-refractivity contribution in [2.24, 2.45) is 29.6 Å². The van der Waals surface area contributed by atoms with Crippen LogP contribution >= 0.6 is 0 Å². The molecule has 0 spiro atoms. The van der Waals surface area contributed by atoms with Crippen LogP contribution in [0.1, 0.15) is 16.7 Å². The van der Waals surface area contributed by atoms with Crippen molar-refractivity contribution in [3.63, 3.8) is 0 Å². The first-order valence-corrected chi connectivity index (χ1v) is 13.0. The Balaban J connectivity index is 1.45. The predicted molar refractivity (Wildman–Crippen MR) is 142 cm³/mol. The van der Waals surface area contributed by atoms with Gasteiger partial charge in [-0.1, -0.05) is 78.9 Å². The molecule has 0 unspecified atom stereocenters. The molecule has 2 aliphatic heterocycles. The molecule has 8 rings (SSSR count). The highest BCUT2D eigenvalue weighted by Gasteiger charge is 2.75. The molecular weight excluding hydrogens is 476 g/mol. The predicted octanol–water partition coefficient (Wildman–Crippen LogP) is 4.35. The number of benzene rings is 3. The quantitative estimate of drug-likeness (QED) is 0.394. The molecule has 0 radical (unpaired) electrons. The molecule has 3 aliphatic carbocycles. The minimum absolute atomic E-state index is 0.294. The van der Waals surface area contributed by atoms with E-state index in [1.807, 2.05) is 92.7 Å². The van der Waals surface area contributed by atoms with Crippen LogP contribution < -0.4 is 9.80 Å². The van der Waals surface area contributed by atoms with Gasteiger partial charge in [-0.05, 0) is 42.7 Å². The third-order valence-electron chi connectivity index (χ3n) is 9.14. The maximum absolute atomic E-state index is 14.3. The van der Waals surface area contributed by atoms with Crippen molar-refractivity contribution in [3.05, 3.63) is 108 Å². The maximum atomic E-state index is 14.3. The Morgan fingerprint density at radius 2 is 1.03 bits per heavy atom. The van der Waals surface area contributed by atoms with Crippen LogP contribution in [0.4, 0.5) is 11.4 Å². The van der Waals surface area contributed by atoms with Gasteiger partial charge in [-0.15, -0.1) is 0 Å². The Bertz CT molecular complexity index is 1490. The summed E-state index contributed by atoms with van der Waals surface area (Å²) in [4.78, 5) is 59.5. The van der Waals surface area contributed by atoms with Crippen LogP contribution in [0.15, 0.2) is 91.0 Å². The van der Waals surface area contributed by atoms with Gasteiger partial charge in [0.15, 0.2) is 0 Å².